The fourth-order valence-corrected chi connectivity index (χ4v) is 2.07. The first-order valence-corrected chi connectivity index (χ1v) is 5.81. The van der Waals surface area contributed by atoms with Gasteiger partial charge in [-0.3, -0.25) is 4.79 Å². The third-order valence-corrected chi connectivity index (χ3v) is 3.17. The van der Waals surface area contributed by atoms with Crippen molar-refractivity contribution in [2.75, 3.05) is 19.8 Å². The van der Waals surface area contributed by atoms with Crippen molar-refractivity contribution in [3.63, 3.8) is 0 Å². The molecule has 0 spiro atoms. The number of hydrogen-bond acceptors (Lipinski definition) is 4. The van der Waals surface area contributed by atoms with Crippen LogP contribution in [0.3, 0.4) is 0 Å². The molecule has 1 aliphatic heterocycles. The minimum atomic E-state index is -0.829. The molecule has 1 saturated heterocycles. The van der Waals surface area contributed by atoms with Gasteiger partial charge in [0, 0.05) is 26.2 Å². The van der Waals surface area contributed by atoms with E-state index in [1.807, 2.05) is 12.1 Å². The molecule has 0 amide bonds. The Morgan fingerprint density at radius 2 is 2.24 bits per heavy atom. The smallest absolute Gasteiger partial charge is 0.324 e. The zero-order valence-corrected chi connectivity index (χ0v) is 9.65. The molecule has 1 aromatic heterocycles. The van der Waals surface area contributed by atoms with Crippen LogP contribution in [0.25, 0.3) is 0 Å². The topological polar surface area (TPSA) is 71.7 Å². The van der Waals surface area contributed by atoms with Crippen molar-refractivity contribution >= 4 is 5.97 Å². The van der Waals surface area contributed by atoms with Crippen LogP contribution in [-0.2, 0) is 16.0 Å². The number of furan rings is 1. The van der Waals surface area contributed by atoms with Crippen LogP contribution in [0.4, 0.5) is 0 Å². The molecule has 0 radical (unpaired) electrons. The summed E-state index contributed by atoms with van der Waals surface area (Å²) in [5, 5.41) is 12.4. The van der Waals surface area contributed by atoms with Gasteiger partial charge in [0.05, 0.1) is 6.26 Å². The Balaban J connectivity index is 1.87. The molecule has 5 heteroatoms. The van der Waals surface area contributed by atoms with Crippen LogP contribution in [-0.4, -0.2) is 36.4 Å². The third kappa shape index (κ3) is 2.87. The van der Waals surface area contributed by atoms with Gasteiger partial charge in [0.2, 0.25) is 0 Å². The molecular weight excluding hydrogens is 222 g/mol. The first kappa shape index (κ1) is 12.1. The Kier molecular flexibility index (Phi) is 3.81. The normalized spacial score (nSPS) is 19.1. The Hall–Kier alpha value is -1.33. The molecule has 2 N–H and O–H groups in total. The Bertz CT molecular complexity index is 355. The maximum absolute atomic E-state index is 11.3. The summed E-state index contributed by atoms with van der Waals surface area (Å²) in [7, 11) is 0. The highest BCUT2D eigenvalue weighted by molar-refractivity contribution is 5.78. The molecule has 0 saturated carbocycles. The van der Waals surface area contributed by atoms with Crippen LogP contribution < -0.4 is 5.32 Å². The first-order valence-electron chi connectivity index (χ1n) is 5.81. The van der Waals surface area contributed by atoms with Crippen molar-refractivity contribution in [3.05, 3.63) is 24.2 Å². The second kappa shape index (κ2) is 5.33. The summed E-state index contributed by atoms with van der Waals surface area (Å²) >= 11 is 0. The van der Waals surface area contributed by atoms with E-state index in [9.17, 15) is 9.90 Å². The SMILES string of the molecule is O=C(O)C1(NCCc2ccco2)CCOCC1. The molecule has 2 heterocycles. The average molecular weight is 239 g/mol. The number of rotatable bonds is 5. The highest BCUT2D eigenvalue weighted by atomic mass is 16.5. The van der Waals surface area contributed by atoms with Gasteiger partial charge in [-0.25, -0.2) is 0 Å². The number of ether oxygens (including phenoxy) is 1. The van der Waals surface area contributed by atoms with Crippen molar-refractivity contribution in [2.24, 2.45) is 0 Å². The Labute approximate surface area is 99.8 Å². The fourth-order valence-electron chi connectivity index (χ4n) is 2.07. The van der Waals surface area contributed by atoms with Gasteiger partial charge < -0.3 is 19.6 Å². The van der Waals surface area contributed by atoms with Crippen LogP contribution in [0, 0.1) is 0 Å². The van der Waals surface area contributed by atoms with Crippen molar-refractivity contribution in [1.82, 2.24) is 5.32 Å². The Morgan fingerprint density at radius 1 is 1.47 bits per heavy atom. The maximum atomic E-state index is 11.3. The second-order valence-electron chi connectivity index (χ2n) is 4.26. The molecule has 1 aliphatic rings. The lowest BCUT2D eigenvalue weighted by Gasteiger charge is -2.34. The van der Waals surface area contributed by atoms with Gasteiger partial charge in [-0.05, 0) is 25.0 Å². The van der Waals surface area contributed by atoms with Crippen LogP contribution in [0.2, 0.25) is 0 Å². The molecule has 0 unspecified atom stereocenters. The molecule has 2 rings (SSSR count). The number of aliphatic carboxylic acids is 1. The minimum absolute atomic E-state index is 0.500. The van der Waals surface area contributed by atoms with Gasteiger partial charge >= 0.3 is 5.97 Å². The summed E-state index contributed by atoms with van der Waals surface area (Å²) < 4.78 is 10.4. The summed E-state index contributed by atoms with van der Waals surface area (Å²) in [6.07, 6.45) is 3.35. The van der Waals surface area contributed by atoms with Crippen LogP contribution in [0.15, 0.2) is 22.8 Å². The quantitative estimate of drug-likeness (QED) is 0.803. The summed E-state index contributed by atoms with van der Waals surface area (Å²) in [6, 6.07) is 3.72. The van der Waals surface area contributed by atoms with E-state index in [4.69, 9.17) is 9.15 Å². The summed E-state index contributed by atoms with van der Waals surface area (Å²) in [5.41, 5.74) is -0.829. The van der Waals surface area contributed by atoms with E-state index in [0.29, 0.717) is 39.0 Å². The minimum Gasteiger partial charge on any atom is -0.480 e. The second-order valence-corrected chi connectivity index (χ2v) is 4.26. The molecular formula is C12H17NO4. The van der Waals surface area contributed by atoms with Crippen molar-refractivity contribution < 1.29 is 19.1 Å². The standard InChI is InChI=1S/C12H17NO4/c14-11(15)12(4-8-16-9-5-12)13-6-3-10-2-1-7-17-10/h1-2,7,13H,3-6,8-9H2,(H,14,15). The molecule has 0 aliphatic carbocycles. The van der Waals surface area contributed by atoms with Crippen LogP contribution in [0.5, 0.6) is 0 Å². The van der Waals surface area contributed by atoms with Crippen LogP contribution >= 0.6 is 0 Å². The van der Waals surface area contributed by atoms with Gasteiger partial charge in [0.15, 0.2) is 0 Å². The van der Waals surface area contributed by atoms with E-state index in [1.165, 1.54) is 0 Å². The molecule has 94 valence electrons. The van der Waals surface area contributed by atoms with E-state index in [-0.39, 0.29) is 0 Å². The van der Waals surface area contributed by atoms with Gasteiger partial charge in [-0.1, -0.05) is 0 Å². The fraction of sp³-hybridized carbons (Fsp3) is 0.583. The molecule has 5 nitrogen and oxygen atoms in total. The van der Waals surface area contributed by atoms with E-state index >= 15 is 0 Å². The first-order chi connectivity index (χ1) is 8.23. The molecule has 1 fully saturated rings. The zero-order chi connectivity index (χ0) is 12.1. The molecule has 0 aromatic carbocycles. The van der Waals surface area contributed by atoms with E-state index in [0.717, 1.165) is 5.76 Å². The largest absolute Gasteiger partial charge is 0.480 e. The predicted molar refractivity (Wildman–Crippen MR) is 60.8 cm³/mol. The number of nitrogens with one attached hydrogen (secondary N) is 1. The monoisotopic (exact) mass is 239 g/mol. The van der Waals surface area contributed by atoms with Gasteiger partial charge in [0.25, 0.3) is 0 Å². The summed E-state index contributed by atoms with van der Waals surface area (Å²) in [4.78, 5) is 11.3. The lowest BCUT2D eigenvalue weighted by molar-refractivity contribution is -0.149. The molecule has 17 heavy (non-hydrogen) atoms. The average Bonchev–Trinajstić information content (AvgIpc) is 2.83. The number of hydrogen-bond donors (Lipinski definition) is 2. The number of carboxylic acids is 1. The number of carboxylic acid groups (broad SMARTS) is 1. The van der Waals surface area contributed by atoms with E-state index in [1.54, 1.807) is 6.26 Å². The highest BCUT2D eigenvalue weighted by Crippen LogP contribution is 2.21. The summed E-state index contributed by atoms with van der Waals surface area (Å²) in [6.45, 7) is 1.60. The molecule has 0 atom stereocenters. The molecule has 1 aromatic rings. The third-order valence-electron chi connectivity index (χ3n) is 3.17. The highest BCUT2D eigenvalue weighted by Gasteiger charge is 2.39. The van der Waals surface area contributed by atoms with Crippen molar-refractivity contribution in [3.8, 4) is 0 Å². The van der Waals surface area contributed by atoms with Gasteiger partial charge in [-0.15, -0.1) is 0 Å². The summed E-state index contributed by atoms with van der Waals surface area (Å²) in [5.74, 6) is 0.0744. The van der Waals surface area contributed by atoms with Gasteiger partial charge in [0.1, 0.15) is 11.3 Å². The lowest BCUT2D eigenvalue weighted by Crippen LogP contribution is -2.55. The van der Waals surface area contributed by atoms with Crippen molar-refractivity contribution in [1.29, 1.82) is 0 Å². The lowest BCUT2D eigenvalue weighted by atomic mass is 9.90. The Morgan fingerprint density at radius 3 is 2.82 bits per heavy atom. The maximum Gasteiger partial charge on any atom is 0.324 e. The predicted octanol–water partition coefficient (Wildman–Crippen LogP) is 1.05. The number of carbonyl (C=O) groups is 1. The van der Waals surface area contributed by atoms with Crippen LogP contribution in [0.1, 0.15) is 18.6 Å². The van der Waals surface area contributed by atoms with E-state index in [2.05, 4.69) is 5.32 Å². The van der Waals surface area contributed by atoms with Gasteiger partial charge in [-0.2, -0.15) is 0 Å². The van der Waals surface area contributed by atoms with Crippen molar-refractivity contribution in [2.45, 2.75) is 24.8 Å². The molecule has 0 bridgehead atoms. The van der Waals surface area contributed by atoms with E-state index < -0.39 is 11.5 Å². The zero-order valence-electron chi connectivity index (χ0n) is 9.65.